The first-order valence-electron chi connectivity index (χ1n) is 4.23. The number of aliphatic hydroxyl groups is 1. The van der Waals surface area contributed by atoms with Crippen LogP contribution < -0.4 is 5.32 Å². The highest BCUT2D eigenvalue weighted by Gasteiger charge is 2.51. The van der Waals surface area contributed by atoms with Crippen LogP contribution in [0.4, 0.5) is 0 Å². The molecular weight excluding hydrogens is 194 g/mol. The van der Waals surface area contributed by atoms with E-state index in [4.69, 9.17) is 0 Å². The molecule has 2 aliphatic rings. The van der Waals surface area contributed by atoms with Gasteiger partial charge < -0.3 is 15.2 Å². The topological polar surface area (TPSA) is 58.6 Å². The highest BCUT2D eigenvalue weighted by atomic mass is 35.5. The third kappa shape index (κ3) is 1.54. The third-order valence-electron chi connectivity index (χ3n) is 2.94. The van der Waals surface area contributed by atoms with Crippen molar-refractivity contribution in [1.29, 1.82) is 0 Å². The largest absolute Gasteiger partial charge is 0.469 e. The van der Waals surface area contributed by atoms with E-state index in [9.17, 15) is 9.90 Å². The Labute approximate surface area is 83.1 Å². The van der Waals surface area contributed by atoms with Crippen LogP contribution in [0.3, 0.4) is 0 Å². The summed E-state index contributed by atoms with van der Waals surface area (Å²) in [4.78, 5) is 11.2. The van der Waals surface area contributed by atoms with E-state index in [-0.39, 0.29) is 42.4 Å². The number of carbonyl (C=O) groups is 1. The summed E-state index contributed by atoms with van der Waals surface area (Å²) in [7, 11) is 1.40. The molecule has 1 saturated heterocycles. The van der Waals surface area contributed by atoms with Crippen LogP contribution in [0.15, 0.2) is 0 Å². The van der Waals surface area contributed by atoms with Crippen LogP contribution in [0.1, 0.15) is 6.42 Å². The molecule has 1 aliphatic carbocycles. The lowest BCUT2D eigenvalue weighted by Gasteiger charge is -2.17. The van der Waals surface area contributed by atoms with Crippen molar-refractivity contribution in [2.24, 2.45) is 11.8 Å². The Hall–Kier alpha value is -0.320. The molecule has 2 N–H and O–H groups in total. The minimum atomic E-state index is -0.368. The van der Waals surface area contributed by atoms with Crippen LogP contribution in [0.5, 0.6) is 0 Å². The van der Waals surface area contributed by atoms with Gasteiger partial charge in [0.2, 0.25) is 0 Å². The minimum Gasteiger partial charge on any atom is -0.469 e. The number of halogens is 1. The van der Waals surface area contributed by atoms with Gasteiger partial charge >= 0.3 is 5.97 Å². The van der Waals surface area contributed by atoms with Crippen molar-refractivity contribution in [3.8, 4) is 0 Å². The molecule has 0 amide bonds. The lowest BCUT2D eigenvalue weighted by Crippen LogP contribution is -2.39. The van der Waals surface area contributed by atoms with Gasteiger partial charge in [-0.2, -0.15) is 0 Å². The number of aliphatic hydroxyl groups excluding tert-OH is 1. The molecule has 0 spiro atoms. The molecule has 0 radical (unpaired) electrons. The number of methoxy groups -OCH3 is 1. The van der Waals surface area contributed by atoms with Gasteiger partial charge in [0.15, 0.2) is 0 Å². The van der Waals surface area contributed by atoms with Crippen LogP contribution in [0, 0.1) is 11.8 Å². The number of carbonyl (C=O) groups excluding carboxylic acids is 1. The van der Waals surface area contributed by atoms with E-state index in [1.807, 2.05) is 0 Å². The number of esters is 1. The SMILES string of the molecule is COC(=O)C1C2CNC1C(O)C2.Cl. The van der Waals surface area contributed by atoms with Crippen molar-refractivity contribution in [2.75, 3.05) is 13.7 Å². The van der Waals surface area contributed by atoms with E-state index in [1.165, 1.54) is 7.11 Å². The Balaban J connectivity index is 0.000000845. The Morgan fingerprint density at radius 1 is 1.62 bits per heavy atom. The van der Waals surface area contributed by atoms with Gasteiger partial charge in [0.1, 0.15) is 0 Å². The summed E-state index contributed by atoms with van der Waals surface area (Å²) >= 11 is 0. The molecule has 2 rings (SSSR count). The molecule has 2 fully saturated rings. The van der Waals surface area contributed by atoms with Crippen molar-refractivity contribution in [1.82, 2.24) is 5.32 Å². The highest BCUT2D eigenvalue weighted by Crippen LogP contribution is 2.37. The lowest BCUT2D eigenvalue weighted by molar-refractivity contribution is -0.146. The van der Waals surface area contributed by atoms with E-state index in [0.29, 0.717) is 0 Å². The van der Waals surface area contributed by atoms with E-state index in [0.717, 1.165) is 13.0 Å². The number of nitrogens with one attached hydrogen (secondary N) is 1. The Kier molecular flexibility index (Phi) is 3.16. The number of rotatable bonds is 1. The third-order valence-corrected chi connectivity index (χ3v) is 2.94. The average molecular weight is 208 g/mol. The summed E-state index contributed by atoms with van der Waals surface area (Å²) in [5.74, 6) is -0.0333. The molecule has 76 valence electrons. The molecule has 2 bridgehead atoms. The zero-order chi connectivity index (χ0) is 8.72. The van der Waals surface area contributed by atoms with Gasteiger partial charge in [-0.25, -0.2) is 0 Å². The van der Waals surface area contributed by atoms with Crippen molar-refractivity contribution < 1.29 is 14.6 Å². The zero-order valence-corrected chi connectivity index (χ0v) is 8.21. The maximum Gasteiger partial charge on any atom is 0.310 e. The standard InChI is InChI=1S/C8H13NO3.ClH/c1-12-8(11)6-4-2-5(10)7(6)9-3-4;/h4-7,9-10H,2-3H2,1H3;1H. The first-order chi connectivity index (χ1) is 5.74. The second-order valence-corrected chi connectivity index (χ2v) is 3.55. The van der Waals surface area contributed by atoms with Gasteiger partial charge in [-0.1, -0.05) is 0 Å². The van der Waals surface area contributed by atoms with Crippen molar-refractivity contribution in [3.05, 3.63) is 0 Å². The summed E-state index contributed by atoms with van der Waals surface area (Å²) in [5.41, 5.74) is 0. The van der Waals surface area contributed by atoms with E-state index < -0.39 is 0 Å². The predicted octanol–water partition coefficient (Wildman–Crippen LogP) is -0.450. The van der Waals surface area contributed by atoms with Gasteiger partial charge in [-0.05, 0) is 18.9 Å². The van der Waals surface area contributed by atoms with Crippen molar-refractivity contribution in [2.45, 2.75) is 18.6 Å². The summed E-state index contributed by atoms with van der Waals surface area (Å²) < 4.78 is 4.67. The normalized spacial score (nSPS) is 41.4. The van der Waals surface area contributed by atoms with Gasteiger partial charge in [0.05, 0.1) is 19.1 Å². The smallest absolute Gasteiger partial charge is 0.310 e. The second kappa shape index (κ2) is 3.82. The average Bonchev–Trinajstić information content (AvgIpc) is 2.59. The van der Waals surface area contributed by atoms with Crippen molar-refractivity contribution in [3.63, 3.8) is 0 Å². The first kappa shape index (κ1) is 10.8. The maximum absolute atomic E-state index is 11.2. The molecule has 4 atom stereocenters. The van der Waals surface area contributed by atoms with Gasteiger partial charge in [-0.15, -0.1) is 12.4 Å². The molecule has 0 aromatic heterocycles. The first-order valence-corrected chi connectivity index (χ1v) is 4.23. The molecule has 13 heavy (non-hydrogen) atoms. The number of hydrogen-bond acceptors (Lipinski definition) is 4. The fourth-order valence-electron chi connectivity index (χ4n) is 2.37. The van der Waals surface area contributed by atoms with E-state index >= 15 is 0 Å². The summed E-state index contributed by atoms with van der Waals surface area (Å²) in [5, 5.41) is 12.6. The van der Waals surface area contributed by atoms with Crippen LogP contribution in [-0.4, -0.2) is 36.9 Å². The quantitative estimate of drug-likeness (QED) is 0.572. The molecule has 0 aromatic rings. The number of hydrogen-bond donors (Lipinski definition) is 2. The zero-order valence-electron chi connectivity index (χ0n) is 7.40. The van der Waals surface area contributed by atoms with Crippen molar-refractivity contribution >= 4 is 18.4 Å². The monoisotopic (exact) mass is 207 g/mol. The van der Waals surface area contributed by atoms with Gasteiger partial charge in [-0.3, -0.25) is 4.79 Å². The maximum atomic E-state index is 11.2. The molecule has 1 aliphatic heterocycles. The van der Waals surface area contributed by atoms with Gasteiger partial charge in [0.25, 0.3) is 0 Å². The van der Waals surface area contributed by atoms with Crippen LogP contribution in [0.25, 0.3) is 0 Å². The van der Waals surface area contributed by atoms with Crippen LogP contribution in [-0.2, 0) is 9.53 Å². The fourth-order valence-corrected chi connectivity index (χ4v) is 2.37. The fraction of sp³-hybridized carbons (Fsp3) is 0.875. The molecule has 1 heterocycles. The Morgan fingerprint density at radius 2 is 2.31 bits per heavy atom. The Bertz CT molecular complexity index is 212. The molecule has 4 nitrogen and oxygen atoms in total. The molecule has 5 heteroatoms. The molecule has 1 saturated carbocycles. The highest BCUT2D eigenvalue weighted by molar-refractivity contribution is 5.85. The lowest BCUT2D eigenvalue weighted by atomic mass is 9.99. The molecule has 0 aromatic carbocycles. The van der Waals surface area contributed by atoms with Gasteiger partial charge in [0, 0.05) is 6.04 Å². The summed E-state index contributed by atoms with van der Waals surface area (Å²) in [6, 6.07) is -0.0672. The second-order valence-electron chi connectivity index (χ2n) is 3.55. The number of fused-ring (bicyclic) bond motifs is 2. The number of piperidine rings is 1. The van der Waals surface area contributed by atoms with Crippen LogP contribution >= 0.6 is 12.4 Å². The molecule has 4 unspecified atom stereocenters. The van der Waals surface area contributed by atoms with E-state index in [1.54, 1.807) is 0 Å². The predicted molar refractivity (Wildman–Crippen MR) is 48.7 cm³/mol. The summed E-state index contributed by atoms with van der Waals surface area (Å²) in [6.07, 6.45) is 0.366. The summed E-state index contributed by atoms with van der Waals surface area (Å²) in [6.45, 7) is 0.835. The Morgan fingerprint density at radius 3 is 2.69 bits per heavy atom. The number of ether oxygens (including phenoxy) is 1. The minimum absolute atomic E-state index is 0. The van der Waals surface area contributed by atoms with Crippen LogP contribution in [0.2, 0.25) is 0 Å². The molecular formula is C8H14ClNO3. The van der Waals surface area contributed by atoms with E-state index in [2.05, 4.69) is 10.1 Å².